The number of nitrogens with zero attached hydrogens (tertiary/aromatic N) is 1. The van der Waals surface area contributed by atoms with Gasteiger partial charge in [0.1, 0.15) is 0 Å². The Morgan fingerprint density at radius 3 is 1.69 bits per heavy atom. The van der Waals surface area contributed by atoms with E-state index in [1.165, 1.54) is 0 Å². The number of carbonyl (C=O) groups is 1. The molecular weight excluding hydrogens is 238 g/mol. The first-order valence-corrected chi connectivity index (χ1v) is 6.70. The smallest absolute Gasteiger partial charge is 0.228 e. The summed E-state index contributed by atoms with van der Waals surface area (Å²) in [5, 5.41) is -0.102. The van der Waals surface area contributed by atoms with E-state index < -0.39 is 0 Å². The fourth-order valence-corrected chi connectivity index (χ4v) is 3.70. The van der Waals surface area contributed by atoms with Crippen LogP contribution in [0.2, 0.25) is 0 Å². The first-order chi connectivity index (χ1) is 6.98. The van der Waals surface area contributed by atoms with E-state index in [0.29, 0.717) is 0 Å². The lowest BCUT2D eigenvalue weighted by Crippen LogP contribution is -2.47. The first kappa shape index (κ1) is 14.2. The minimum atomic E-state index is -0.190. The molecule has 1 aliphatic heterocycles. The van der Waals surface area contributed by atoms with Crippen LogP contribution in [0.4, 0.5) is 0 Å². The summed E-state index contributed by atoms with van der Waals surface area (Å²) in [6.07, 6.45) is 0. The van der Waals surface area contributed by atoms with Crippen molar-refractivity contribution in [3.05, 3.63) is 0 Å². The second-order valence-corrected chi connectivity index (χ2v) is 7.75. The van der Waals surface area contributed by atoms with Crippen LogP contribution in [0.25, 0.3) is 0 Å². The van der Waals surface area contributed by atoms with E-state index in [2.05, 4.69) is 46.0 Å². The second-order valence-electron chi connectivity index (χ2n) is 6.63. The predicted octanol–water partition coefficient (Wildman–Crippen LogP) is 2.84. The summed E-state index contributed by atoms with van der Waals surface area (Å²) in [4.78, 5) is 14.3. The highest BCUT2D eigenvalue weighted by Crippen LogP contribution is 2.44. The molecule has 1 fully saturated rings. The average molecular weight is 261 g/mol. The fourth-order valence-electron chi connectivity index (χ4n) is 2.36. The average Bonchev–Trinajstić information content (AvgIpc) is 2.19. The van der Waals surface area contributed by atoms with Crippen molar-refractivity contribution >= 4 is 31.2 Å². The minimum Gasteiger partial charge on any atom is -0.325 e. The van der Waals surface area contributed by atoms with Crippen molar-refractivity contribution in [3.8, 4) is 0 Å². The van der Waals surface area contributed by atoms with Crippen molar-refractivity contribution < 1.29 is 4.79 Å². The zero-order valence-electron chi connectivity index (χ0n) is 11.0. The molecular formula is C12H23NOS2. The van der Waals surface area contributed by atoms with E-state index in [1.54, 1.807) is 0 Å². The van der Waals surface area contributed by atoms with Crippen LogP contribution in [-0.4, -0.2) is 27.0 Å². The van der Waals surface area contributed by atoms with Gasteiger partial charge in [-0.15, -0.1) is 0 Å². The second kappa shape index (κ2) is 4.13. The minimum absolute atomic E-state index is 0.00458. The van der Waals surface area contributed by atoms with E-state index in [4.69, 9.17) is 0 Å². The van der Waals surface area contributed by atoms with Gasteiger partial charge in [0.15, 0.2) is 0 Å². The molecule has 0 aromatic rings. The fraction of sp³-hybridized carbons (Fsp3) is 0.917. The van der Waals surface area contributed by atoms with Crippen molar-refractivity contribution in [1.82, 2.24) is 4.90 Å². The third-order valence-corrected chi connectivity index (χ3v) is 4.44. The third kappa shape index (κ3) is 2.37. The molecule has 2 nitrogen and oxygen atoms in total. The third-order valence-electron chi connectivity index (χ3n) is 3.07. The number of likely N-dealkylation sites (tertiary alicyclic amines) is 1. The normalized spacial score (nSPS) is 32.4. The first-order valence-electron chi connectivity index (χ1n) is 5.67. The van der Waals surface area contributed by atoms with Crippen molar-refractivity contribution in [2.75, 3.05) is 0 Å². The van der Waals surface area contributed by atoms with Crippen LogP contribution in [0.15, 0.2) is 0 Å². The van der Waals surface area contributed by atoms with Crippen LogP contribution in [0.5, 0.6) is 0 Å². The van der Waals surface area contributed by atoms with Crippen LogP contribution in [0, 0.1) is 11.3 Å². The molecule has 0 saturated carbocycles. The molecule has 4 heteroatoms. The zero-order valence-corrected chi connectivity index (χ0v) is 12.8. The molecule has 3 unspecified atom stereocenters. The maximum Gasteiger partial charge on any atom is 0.228 e. The van der Waals surface area contributed by atoms with Gasteiger partial charge in [0.25, 0.3) is 0 Å². The molecule has 0 aromatic heterocycles. The van der Waals surface area contributed by atoms with Gasteiger partial charge in [0, 0.05) is 10.8 Å². The summed E-state index contributed by atoms with van der Waals surface area (Å²) in [6.45, 7) is 12.4. The highest BCUT2D eigenvalue weighted by Gasteiger charge is 2.52. The van der Waals surface area contributed by atoms with E-state index in [0.717, 1.165) is 0 Å². The molecule has 16 heavy (non-hydrogen) atoms. The Morgan fingerprint density at radius 2 is 1.50 bits per heavy atom. The van der Waals surface area contributed by atoms with Crippen molar-refractivity contribution in [2.45, 2.75) is 57.7 Å². The standard InChI is InChI=1S/C12H23NOS2/c1-11(2,3)7-8(15)10(16)13(9(7)14)12(4,5)6/h7-8,10,15-16H,1-6H3. The molecule has 0 spiro atoms. The maximum absolute atomic E-state index is 12.4. The monoisotopic (exact) mass is 261 g/mol. The highest BCUT2D eigenvalue weighted by atomic mass is 32.1. The van der Waals surface area contributed by atoms with Gasteiger partial charge in [0.05, 0.1) is 11.3 Å². The molecule has 1 aliphatic rings. The summed E-state index contributed by atoms with van der Waals surface area (Å²) >= 11 is 9.14. The predicted molar refractivity (Wildman–Crippen MR) is 75.1 cm³/mol. The van der Waals surface area contributed by atoms with Crippen molar-refractivity contribution in [1.29, 1.82) is 0 Å². The lowest BCUT2D eigenvalue weighted by molar-refractivity contribution is -0.137. The summed E-state index contributed by atoms with van der Waals surface area (Å²) in [6, 6.07) is 0. The molecule has 1 saturated heterocycles. The lowest BCUT2D eigenvalue weighted by atomic mass is 9.79. The SMILES string of the molecule is CC(C)(C)C1C(=O)N(C(C)(C)C)C(S)C1S. The van der Waals surface area contributed by atoms with Crippen LogP contribution in [0.3, 0.4) is 0 Å². The number of amides is 1. The Morgan fingerprint density at radius 1 is 1.06 bits per heavy atom. The van der Waals surface area contributed by atoms with E-state index >= 15 is 0 Å². The lowest BCUT2D eigenvalue weighted by Gasteiger charge is -2.36. The summed E-state index contributed by atoms with van der Waals surface area (Å²) < 4.78 is 0. The van der Waals surface area contributed by atoms with Crippen molar-refractivity contribution in [3.63, 3.8) is 0 Å². The molecule has 1 amide bonds. The Kier molecular flexibility index (Phi) is 3.67. The molecule has 1 heterocycles. The van der Waals surface area contributed by atoms with Gasteiger partial charge in [0.2, 0.25) is 5.91 Å². The molecule has 3 atom stereocenters. The highest BCUT2D eigenvalue weighted by molar-refractivity contribution is 7.85. The van der Waals surface area contributed by atoms with Crippen LogP contribution >= 0.6 is 25.3 Å². The molecule has 94 valence electrons. The van der Waals surface area contributed by atoms with Crippen molar-refractivity contribution in [2.24, 2.45) is 11.3 Å². The molecule has 0 radical (unpaired) electrons. The van der Waals surface area contributed by atoms with Gasteiger partial charge in [-0.3, -0.25) is 4.79 Å². The maximum atomic E-state index is 12.4. The quantitative estimate of drug-likeness (QED) is 0.643. The number of hydrogen-bond donors (Lipinski definition) is 2. The van der Waals surface area contributed by atoms with Crippen LogP contribution in [0.1, 0.15) is 41.5 Å². The van der Waals surface area contributed by atoms with Gasteiger partial charge in [-0.1, -0.05) is 20.8 Å². The molecule has 0 aromatic carbocycles. The molecule has 0 N–H and O–H groups in total. The van der Waals surface area contributed by atoms with Gasteiger partial charge in [-0.25, -0.2) is 0 Å². The summed E-state index contributed by atoms with van der Waals surface area (Å²) in [7, 11) is 0. The number of rotatable bonds is 0. The Hall–Kier alpha value is 0.170. The Bertz CT molecular complexity index is 262. The van der Waals surface area contributed by atoms with E-state index in [1.807, 2.05) is 25.7 Å². The Balaban J connectivity index is 3.09. The number of hydrogen-bond acceptors (Lipinski definition) is 3. The van der Waals surface area contributed by atoms with E-state index in [-0.39, 0.29) is 33.4 Å². The molecule has 0 bridgehead atoms. The van der Waals surface area contributed by atoms with Gasteiger partial charge < -0.3 is 4.90 Å². The number of carbonyl (C=O) groups excluding carboxylic acids is 1. The molecule has 0 aliphatic carbocycles. The number of thiol groups is 2. The van der Waals surface area contributed by atoms with Gasteiger partial charge >= 0.3 is 0 Å². The van der Waals surface area contributed by atoms with Crippen LogP contribution < -0.4 is 0 Å². The summed E-state index contributed by atoms with van der Waals surface area (Å²) in [5.74, 6) is 0.123. The topological polar surface area (TPSA) is 20.3 Å². The van der Waals surface area contributed by atoms with E-state index in [9.17, 15) is 4.79 Å². The molecule has 1 rings (SSSR count). The van der Waals surface area contributed by atoms with Gasteiger partial charge in [-0.05, 0) is 26.2 Å². The van der Waals surface area contributed by atoms with Gasteiger partial charge in [-0.2, -0.15) is 25.3 Å². The summed E-state index contributed by atoms with van der Waals surface area (Å²) in [5.41, 5.74) is -0.255. The largest absolute Gasteiger partial charge is 0.325 e. The zero-order chi connectivity index (χ0) is 12.9. The Labute approximate surface area is 110 Å². The van der Waals surface area contributed by atoms with Crippen LogP contribution in [-0.2, 0) is 4.79 Å².